The number of rotatable bonds is 4. The van der Waals surface area contributed by atoms with Gasteiger partial charge in [0.15, 0.2) is 17.5 Å². The second-order valence-corrected chi connectivity index (χ2v) is 4.26. The van der Waals surface area contributed by atoms with Crippen molar-refractivity contribution >= 4 is 5.69 Å². The molecular formula is C14H14F3N3. The van der Waals surface area contributed by atoms with E-state index in [0.29, 0.717) is 17.8 Å². The maximum absolute atomic E-state index is 13.9. The van der Waals surface area contributed by atoms with E-state index in [1.165, 1.54) is 18.5 Å². The molecule has 106 valence electrons. The molecule has 0 saturated carbocycles. The van der Waals surface area contributed by atoms with Gasteiger partial charge in [0.25, 0.3) is 0 Å². The highest BCUT2D eigenvalue weighted by atomic mass is 19.2. The van der Waals surface area contributed by atoms with Gasteiger partial charge in [-0.2, -0.15) is 0 Å². The fourth-order valence-electron chi connectivity index (χ4n) is 2.01. The number of nitrogens with one attached hydrogen (secondary N) is 1. The third kappa shape index (κ3) is 2.60. The molecule has 3 nitrogen and oxygen atoms in total. The first-order chi connectivity index (χ1) is 9.56. The van der Waals surface area contributed by atoms with E-state index >= 15 is 0 Å². The molecule has 1 heterocycles. The number of pyridine rings is 1. The van der Waals surface area contributed by atoms with Crippen molar-refractivity contribution in [2.75, 3.05) is 12.3 Å². The maximum atomic E-state index is 13.9. The minimum absolute atomic E-state index is 0.00884. The summed E-state index contributed by atoms with van der Waals surface area (Å²) in [6.45, 7) is 2.31. The molecule has 2 rings (SSSR count). The highest BCUT2D eigenvalue weighted by Crippen LogP contribution is 2.29. The lowest BCUT2D eigenvalue weighted by molar-refractivity contribution is 0.433. The van der Waals surface area contributed by atoms with E-state index in [0.717, 1.165) is 6.07 Å². The molecule has 0 fully saturated rings. The number of aromatic nitrogens is 1. The van der Waals surface area contributed by atoms with Crippen LogP contribution in [0.1, 0.15) is 24.1 Å². The van der Waals surface area contributed by atoms with Crippen molar-refractivity contribution in [2.45, 2.75) is 13.0 Å². The summed E-state index contributed by atoms with van der Waals surface area (Å²) in [6, 6.07) is 2.97. The van der Waals surface area contributed by atoms with Crippen molar-refractivity contribution in [3.05, 3.63) is 59.2 Å². The van der Waals surface area contributed by atoms with Crippen LogP contribution in [0.4, 0.5) is 18.9 Å². The minimum Gasteiger partial charge on any atom is -0.398 e. The average Bonchev–Trinajstić information content (AvgIpc) is 2.44. The first-order valence-corrected chi connectivity index (χ1v) is 6.12. The van der Waals surface area contributed by atoms with E-state index in [2.05, 4.69) is 10.3 Å². The quantitative estimate of drug-likeness (QED) is 0.847. The van der Waals surface area contributed by atoms with Gasteiger partial charge in [0, 0.05) is 29.2 Å². The van der Waals surface area contributed by atoms with Crippen molar-refractivity contribution in [2.24, 2.45) is 0 Å². The van der Waals surface area contributed by atoms with E-state index in [9.17, 15) is 13.2 Å². The molecule has 1 unspecified atom stereocenters. The largest absolute Gasteiger partial charge is 0.398 e. The normalized spacial score (nSPS) is 12.4. The number of hydrogen-bond donors (Lipinski definition) is 2. The van der Waals surface area contributed by atoms with E-state index in [1.807, 2.05) is 6.92 Å². The fraction of sp³-hybridized carbons (Fsp3) is 0.214. The summed E-state index contributed by atoms with van der Waals surface area (Å²) in [5.41, 5.74) is 6.74. The smallest absolute Gasteiger partial charge is 0.194 e. The Balaban J connectivity index is 2.55. The van der Waals surface area contributed by atoms with Gasteiger partial charge < -0.3 is 11.1 Å². The van der Waals surface area contributed by atoms with Crippen LogP contribution in [0.15, 0.2) is 30.6 Å². The predicted octanol–water partition coefficient (Wildman–Crippen LogP) is 2.78. The lowest BCUT2D eigenvalue weighted by Gasteiger charge is -2.20. The van der Waals surface area contributed by atoms with Crippen LogP contribution in [0.2, 0.25) is 0 Å². The second-order valence-electron chi connectivity index (χ2n) is 4.26. The van der Waals surface area contributed by atoms with Crippen LogP contribution in [0.3, 0.4) is 0 Å². The molecule has 1 aromatic heterocycles. The van der Waals surface area contributed by atoms with E-state index in [-0.39, 0.29) is 5.56 Å². The summed E-state index contributed by atoms with van der Waals surface area (Å²) < 4.78 is 40.3. The molecule has 0 aliphatic rings. The molecule has 20 heavy (non-hydrogen) atoms. The summed E-state index contributed by atoms with van der Waals surface area (Å²) in [6.07, 6.45) is 2.98. The van der Waals surface area contributed by atoms with Gasteiger partial charge in [-0.25, -0.2) is 13.2 Å². The van der Waals surface area contributed by atoms with Crippen LogP contribution >= 0.6 is 0 Å². The van der Waals surface area contributed by atoms with E-state index < -0.39 is 23.5 Å². The Hall–Kier alpha value is -2.08. The predicted molar refractivity (Wildman–Crippen MR) is 70.5 cm³/mol. The van der Waals surface area contributed by atoms with Crippen LogP contribution in [0, 0.1) is 17.5 Å². The van der Waals surface area contributed by atoms with Gasteiger partial charge in [0.1, 0.15) is 0 Å². The van der Waals surface area contributed by atoms with Gasteiger partial charge in [0.05, 0.1) is 6.04 Å². The van der Waals surface area contributed by atoms with Crippen molar-refractivity contribution in [3.8, 4) is 0 Å². The Kier molecular flexibility index (Phi) is 4.24. The Labute approximate surface area is 114 Å². The van der Waals surface area contributed by atoms with Gasteiger partial charge in [0.2, 0.25) is 0 Å². The Morgan fingerprint density at radius 1 is 1.15 bits per heavy atom. The summed E-state index contributed by atoms with van der Waals surface area (Å²) in [7, 11) is 0. The molecule has 2 aromatic rings. The molecule has 0 saturated heterocycles. The lowest BCUT2D eigenvalue weighted by atomic mass is 9.98. The Morgan fingerprint density at radius 3 is 2.55 bits per heavy atom. The molecule has 1 atom stereocenters. The van der Waals surface area contributed by atoms with Gasteiger partial charge in [-0.15, -0.1) is 0 Å². The Bertz CT molecular complexity index is 617. The highest BCUT2D eigenvalue weighted by Gasteiger charge is 2.23. The highest BCUT2D eigenvalue weighted by molar-refractivity contribution is 5.49. The molecule has 0 spiro atoms. The average molecular weight is 281 g/mol. The zero-order valence-corrected chi connectivity index (χ0v) is 10.8. The fourth-order valence-corrected chi connectivity index (χ4v) is 2.01. The second kappa shape index (κ2) is 5.92. The van der Waals surface area contributed by atoms with Crippen molar-refractivity contribution in [1.82, 2.24) is 10.3 Å². The van der Waals surface area contributed by atoms with Crippen molar-refractivity contribution in [3.63, 3.8) is 0 Å². The van der Waals surface area contributed by atoms with Crippen molar-refractivity contribution < 1.29 is 13.2 Å². The molecule has 0 amide bonds. The van der Waals surface area contributed by atoms with Crippen LogP contribution in [-0.2, 0) is 0 Å². The summed E-state index contributed by atoms with van der Waals surface area (Å²) in [5.74, 6) is -3.94. The minimum atomic E-state index is -1.49. The van der Waals surface area contributed by atoms with Crippen molar-refractivity contribution in [1.29, 1.82) is 0 Å². The first kappa shape index (κ1) is 14.3. The number of nitrogens with zero attached hydrogens (tertiary/aromatic N) is 1. The van der Waals surface area contributed by atoms with Crippen LogP contribution in [0.25, 0.3) is 0 Å². The zero-order valence-electron chi connectivity index (χ0n) is 10.8. The maximum Gasteiger partial charge on any atom is 0.194 e. The van der Waals surface area contributed by atoms with Crippen LogP contribution < -0.4 is 11.1 Å². The van der Waals surface area contributed by atoms with Gasteiger partial charge in [-0.05, 0) is 18.7 Å². The monoisotopic (exact) mass is 281 g/mol. The standard InChI is InChI=1S/C14H14F3N3/c1-2-20-14(9-7-19-6-5-11(9)18)8-3-4-10(15)13(17)12(8)16/h3-7,14,20H,2H2,1H3,(H2,18,19). The summed E-state index contributed by atoms with van der Waals surface area (Å²) in [5, 5.41) is 2.99. The Morgan fingerprint density at radius 2 is 1.90 bits per heavy atom. The topological polar surface area (TPSA) is 50.9 Å². The lowest BCUT2D eigenvalue weighted by Crippen LogP contribution is -2.24. The number of anilines is 1. The number of halogens is 3. The molecule has 6 heteroatoms. The van der Waals surface area contributed by atoms with E-state index in [4.69, 9.17) is 5.73 Å². The van der Waals surface area contributed by atoms with Gasteiger partial charge in [-0.1, -0.05) is 13.0 Å². The van der Waals surface area contributed by atoms with E-state index in [1.54, 1.807) is 6.07 Å². The molecule has 3 N–H and O–H groups in total. The summed E-state index contributed by atoms with van der Waals surface area (Å²) >= 11 is 0. The molecule has 0 aliphatic heterocycles. The van der Waals surface area contributed by atoms with Gasteiger partial charge in [-0.3, -0.25) is 4.98 Å². The number of nitrogens with two attached hydrogens (primary N) is 1. The SMILES string of the molecule is CCNC(c1cnccc1N)c1ccc(F)c(F)c1F. The molecule has 0 aliphatic carbocycles. The number of hydrogen-bond acceptors (Lipinski definition) is 3. The first-order valence-electron chi connectivity index (χ1n) is 6.12. The zero-order chi connectivity index (χ0) is 14.7. The third-order valence-electron chi connectivity index (χ3n) is 2.98. The number of benzene rings is 1. The number of nitrogen functional groups attached to an aromatic ring is 1. The molecule has 1 aromatic carbocycles. The van der Waals surface area contributed by atoms with Gasteiger partial charge >= 0.3 is 0 Å². The third-order valence-corrected chi connectivity index (χ3v) is 2.98. The van der Waals surface area contributed by atoms with Crippen LogP contribution in [0.5, 0.6) is 0 Å². The molecular weight excluding hydrogens is 267 g/mol. The molecule has 0 bridgehead atoms. The summed E-state index contributed by atoms with van der Waals surface area (Å²) in [4.78, 5) is 3.93. The van der Waals surface area contributed by atoms with Crippen LogP contribution in [-0.4, -0.2) is 11.5 Å². The molecule has 0 radical (unpaired) electrons.